The number of ketones is 1. The number of aliphatic hydroxyl groups is 3. The molecular formula is C36H56O8. The van der Waals surface area contributed by atoms with Crippen molar-refractivity contribution in [1.82, 2.24) is 0 Å². The molecule has 0 aromatic rings. The number of hydrogen-bond donors (Lipinski definition) is 4. The van der Waals surface area contributed by atoms with Crippen LogP contribution < -0.4 is 0 Å². The molecule has 8 heteroatoms. The van der Waals surface area contributed by atoms with Crippen molar-refractivity contribution in [2.24, 2.45) is 50.2 Å². The third kappa shape index (κ3) is 4.40. The molecule has 0 aromatic heterocycles. The molecule has 4 N–H and O–H groups in total. The Hall–Kier alpha value is -1.32. The number of hydrogen-bond acceptors (Lipinski definition) is 7. The standard InChI is InChI=1S/C36H56O8/c1-31(2)25-8-11-36(7)29(34(25,5)10-9-26(31)44-27-17-22(38)28(40)24(19-37)43-27)23(39)16-20-21-18-33(4,30(41)42)13-12-32(21,3)14-15-35(20,36)6/h16,21-22,24-29,37-38,40H,8-15,17-19H2,1-7H3,(H,41,42)/t21-,22+,24+,25-,26-,27+,28+,29+,32+,33-,34-,35+,36+/m0/s1. The summed E-state index contributed by atoms with van der Waals surface area (Å²) in [5.41, 5.74) is -0.373. The maximum atomic E-state index is 14.6. The number of rotatable bonds is 4. The Morgan fingerprint density at radius 2 is 1.66 bits per heavy atom. The Morgan fingerprint density at radius 3 is 2.32 bits per heavy atom. The number of fused-ring (bicyclic) bond motifs is 7. The Bertz CT molecular complexity index is 1230. The fourth-order valence-corrected chi connectivity index (χ4v) is 11.9. The highest BCUT2D eigenvalue weighted by Gasteiger charge is 2.70. The molecule has 6 aliphatic rings. The summed E-state index contributed by atoms with van der Waals surface area (Å²) < 4.78 is 12.4. The number of allylic oxidation sites excluding steroid dienone is 2. The smallest absolute Gasteiger partial charge is 0.309 e. The van der Waals surface area contributed by atoms with Gasteiger partial charge in [0.2, 0.25) is 0 Å². The molecule has 4 saturated carbocycles. The summed E-state index contributed by atoms with van der Waals surface area (Å²) >= 11 is 0. The zero-order chi connectivity index (χ0) is 32.3. The first-order valence-electron chi connectivity index (χ1n) is 17.1. The summed E-state index contributed by atoms with van der Waals surface area (Å²) in [4.78, 5) is 27.0. The molecule has 5 fully saturated rings. The number of aliphatic hydroxyl groups excluding tert-OH is 3. The van der Waals surface area contributed by atoms with Gasteiger partial charge in [-0.1, -0.05) is 47.1 Å². The summed E-state index contributed by atoms with van der Waals surface area (Å²) in [7, 11) is 0. The van der Waals surface area contributed by atoms with Crippen LogP contribution in [0.1, 0.15) is 113 Å². The van der Waals surface area contributed by atoms with Crippen LogP contribution in [0.15, 0.2) is 11.6 Å². The van der Waals surface area contributed by atoms with Gasteiger partial charge in [-0.05, 0) is 110 Å². The third-order valence-electron chi connectivity index (χ3n) is 15.1. The Morgan fingerprint density at radius 1 is 0.977 bits per heavy atom. The van der Waals surface area contributed by atoms with Crippen LogP contribution in [-0.4, -0.2) is 69.5 Å². The number of carbonyl (C=O) groups excluding carboxylic acids is 1. The molecule has 0 aromatic carbocycles. The van der Waals surface area contributed by atoms with E-state index in [2.05, 4.69) is 41.5 Å². The topological polar surface area (TPSA) is 134 Å². The summed E-state index contributed by atoms with van der Waals surface area (Å²) in [5, 5.41) is 40.4. The maximum absolute atomic E-state index is 14.6. The Balaban J connectivity index is 1.31. The van der Waals surface area contributed by atoms with E-state index in [0.29, 0.717) is 12.8 Å². The van der Waals surface area contributed by atoms with Crippen molar-refractivity contribution in [2.45, 2.75) is 143 Å². The molecule has 1 heterocycles. The van der Waals surface area contributed by atoms with Gasteiger partial charge in [-0.3, -0.25) is 9.59 Å². The summed E-state index contributed by atoms with van der Waals surface area (Å²) in [5.74, 6) is -0.267. The van der Waals surface area contributed by atoms with Gasteiger partial charge in [0.15, 0.2) is 12.1 Å². The van der Waals surface area contributed by atoms with Gasteiger partial charge in [0.05, 0.1) is 24.2 Å². The van der Waals surface area contributed by atoms with Crippen molar-refractivity contribution in [3.63, 3.8) is 0 Å². The maximum Gasteiger partial charge on any atom is 0.309 e. The van der Waals surface area contributed by atoms with Gasteiger partial charge in [-0.15, -0.1) is 0 Å². The van der Waals surface area contributed by atoms with E-state index in [1.165, 1.54) is 5.57 Å². The number of ether oxygens (including phenoxy) is 2. The van der Waals surface area contributed by atoms with E-state index < -0.39 is 36.0 Å². The molecule has 0 bridgehead atoms. The average Bonchev–Trinajstić information content (AvgIpc) is 2.94. The molecule has 0 amide bonds. The fraction of sp³-hybridized carbons (Fsp3) is 0.889. The predicted octanol–water partition coefficient (Wildman–Crippen LogP) is 5.27. The lowest BCUT2D eigenvalue weighted by Gasteiger charge is -2.70. The largest absolute Gasteiger partial charge is 0.481 e. The molecule has 44 heavy (non-hydrogen) atoms. The number of carboxylic acids is 1. The Labute approximate surface area is 263 Å². The number of carbonyl (C=O) groups is 2. The first-order chi connectivity index (χ1) is 20.4. The average molecular weight is 617 g/mol. The number of aliphatic carboxylic acids is 1. The van der Waals surface area contributed by atoms with Crippen molar-refractivity contribution in [2.75, 3.05) is 6.61 Å². The molecule has 5 aliphatic carbocycles. The number of carboxylic acid groups (broad SMARTS) is 1. The van der Waals surface area contributed by atoms with Gasteiger partial charge >= 0.3 is 5.97 Å². The van der Waals surface area contributed by atoms with Crippen LogP contribution in [0.2, 0.25) is 0 Å². The van der Waals surface area contributed by atoms with E-state index in [9.17, 15) is 30.0 Å². The lowest BCUT2D eigenvalue weighted by molar-refractivity contribution is -0.296. The molecule has 6 rings (SSSR count). The monoisotopic (exact) mass is 616 g/mol. The van der Waals surface area contributed by atoms with Gasteiger partial charge in [-0.2, -0.15) is 0 Å². The molecule has 8 nitrogen and oxygen atoms in total. The van der Waals surface area contributed by atoms with Crippen LogP contribution in [0.5, 0.6) is 0 Å². The van der Waals surface area contributed by atoms with Crippen LogP contribution in [-0.2, 0) is 19.1 Å². The second-order valence-electron chi connectivity index (χ2n) is 17.6. The van der Waals surface area contributed by atoms with E-state index in [1.807, 2.05) is 13.0 Å². The molecule has 1 aliphatic heterocycles. The molecule has 0 unspecified atom stereocenters. The quantitative estimate of drug-likeness (QED) is 0.314. The SMILES string of the molecule is CC1(C)[C@@H](O[C@@H]2C[C@@H](O)[C@@H](O)[C@@H](CO)O2)CC[C@]2(C)[C@H]3C(=O)C=C4[C@@H]5C[C@@](C)(C(=O)O)CC[C@]5(C)CC[C@@]4(C)[C@]3(C)CC[C@@H]12. The normalized spacial score (nSPS) is 53.4. The van der Waals surface area contributed by atoms with Crippen LogP contribution in [0, 0.1) is 50.2 Å². The van der Waals surface area contributed by atoms with E-state index >= 15 is 0 Å². The molecule has 0 radical (unpaired) electrons. The van der Waals surface area contributed by atoms with Gasteiger partial charge in [0.25, 0.3) is 0 Å². The second-order valence-corrected chi connectivity index (χ2v) is 17.6. The zero-order valence-electron chi connectivity index (χ0n) is 27.9. The first kappa shape index (κ1) is 32.6. The zero-order valence-corrected chi connectivity index (χ0v) is 27.9. The second kappa shape index (κ2) is 10.3. The van der Waals surface area contributed by atoms with Crippen LogP contribution in [0.4, 0.5) is 0 Å². The van der Waals surface area contributed by atoms with E-state index in [1.54, 1.807) is 0 Å². The molecule has 248 valence electrons. The Kier molecular flexibility index (Phi) is 7.66. The van der Waals surface area contributed by atoms with Crippen molar-refractivity contribution in [3.05, 3.63) is 11.6 Å². The van der Waals surface area contributed by atoms with Gasteiger partial charge in [0, 0.05) is 12.3 Å². The van der Waals surface area contributed by atoms with Crippen molar-refractivity contribution in [3.8, 4) is 0 Å². The van der Waals surface area contributed by atoms with Crippen LogP contribution in [0.3, 0.4) is 0 Å². The summed E-state index contributed by atoms with van der Waals surface area (Å²) in [6.45, 7) is 15.4. The first-order valence-corrected chi connectivity index (χ1v) is 17.1. The summed E-state index contributed by atoms with van der Waals surface area (Å²) in [6.07, 6.45) is 6.05. The minimum Gasteiger partial charge on any atom is -0.481 e. The van der Waals surface area contributed by atoms with Crippen molar-refractivity contribution >= 4 is 11.8 Å². The highest BCUT2D eigenvalue weighted by Crippen LogP contribution is 2.75. The van der Waals surface area contributed by atoms with Gasteiger partial charge in [0.1, 0.15) is 12.2 Å². The molecular weight excluding hydrogens is 560 g/mol. The predicted molar refractivity (Wildman–Crippen MR) is 164 cm³/mol. The highest BCUT2D eigenvalue weighted by molar-refractivity contribution is 5.95. The molecule has 0 spiro atoms. The minimum atomic E-state index is -1.14. The third-order valence-corrected chi connectivity index (χ3v) is 15.1. The molecule has 1 saturated heterocycles. The van der Waals surface area contributed by atoms with Crippen molar-refractivity contribution in [1.29, 1.82) is 0 Å². The fourth-order valence-electron chi connectivity index (χ4n) is 11.9. The molecule has 13 atom stereocenters. The minimum absolute atomic E-state index is 0.0299. The van der Waals surface area contributed by atoms with E-state index in [4.69, 9.17) is 9.47 Å². The van der Waals surface area contributed by atoms with E-state index in [0.717, 1.165) is 44.9 Å². The van der Waals surface area contributed by atoms with Crippen LogP contribution >= 0.6 is 0 Å². The van der Waals surface area contributed by atoms with E-state index in [-0.39, 0.29) is 69.7 Å². The van der Waals surface area contributed by atoms with Crippen LogP contribution in [0.25, 0.3) is 0 Å². The summed E-state index contributed by atoms with van der Waals surface area (Å²) in [6, 6.07) is 0. The van der Waals surface area contributed by atoms with Gasteiger partial charge < -0.3 is 29.9 Å². The van der Waals surface area contributed by atoms with Gasteiger partial charge in [-0.25, -0.2) is 0 Å². The lowest BCUT2D eigenvalue weighted by Crippen LogP contribution is -2.67. The highest BCUT2D eigenvalue weighted by atomic mass is 16.7. The van der Waals surface area contributed by atoms with Crippen molar-refractivity contribution < 1.29 is 39.5 Å². The lowest BCUT2D eigenvalue weighted by atomic mass is 9.33.